The van der Waals surface area contributed by atoms with Crippen molar-refractivity contribution in [1.82, 2.24) is 4.90 Å². The summed E-state index contributed by atoms with van der Waals surface area (Å²) in [5, 5.41) is 3.70. The topological polar surface area (TPSA) is 35.6 Å². The molecule has 5 heteroatoms. The van der Waals surface area contributed by atoms with Crippen molar-refractivity contribution in [1.29, 1.82) is 0 Å². The molecule has 1 aliphatic heterocycles. The second-order valence-electron chi connectivity index (χ2n) is 7.32. The van der Waals surface area contributed by atoms with Crippen molar-refractivity contribution in [3.63, 3.8) is 0 Å². The first-order valence-corrected chi connectivity index (χ1v) is 9.87. The molecule has 144 valence electrons. The Kier molecular flexibility index (Phi) is 6.08. The van der Waals surface area contributed by atoms with Gasteiger partial charge in [-0.1, -0.05) is 29.8 Å². The van der Waals surface area contributed by atoms with E-state index >= 15 is 0 Å². The van der Waals surface area contributed by atoms with E-state index in [4.69, 9.17) is 11.6 Å². The van der Waals surface area contributed by atoms with Gasteiger partial charge in [-0.2, -0.15) is 0 Å². The smallest absolute Gasteiger partial charge is 0.241 e. The highest BCUT2D eigenvalue weighted by molar-refractivity contribution is 6.31. The molecule has 0 spiro atoms. The average molecular weight is 386 g/mol. The van der Waals surface area contributed by atoms with Gasteiger partial charge in [-0.3, -0.25) is 9.69 Å². The van der Waals surface area contributed by atoms with E-state index in [1.54, 1.807) is 0 Å². The van der Waals surface area contributed by atoms with Crippen LogP contribution < -0.4 is 10.2 Å². The van der Waals surface area contributed by atoms with Crippen molar-refractivity contribution in [2.45, 2.75) is 33.7 Å². The molecule has 2 aromatic carbocycles. The predicted octanol–water partition coefficient (Wildman–Crippen LogP) is 4.41. The molecule has 1 unspecified atom stereocenters. The molecule has 0 bridgehead atoms. The molecule has 0 aliphatic carbocycles. The Morgan fingerprint density at radius 2 is 1.67 bits per heavy atom. The van der Waals surface area contributed by atoms with Gasteiger partial charge in [0, 0.05) is 42.6 Å². The first kappa shape index (κ1) is 19.7. The molecule has 1 atom stereocenters. The minimum absolute atomic E-state index is 0.0144. The van der Waals surface area contributed by atoms with E-state index in [-0.39, 0.29) is 11.9 Å². The molecule has 1 aliphatic rings. The van der Waals surface area contributed by atoms with Crippen LogP contribution >= 0.6 is 11.6 Å². The minimum Gasteiger partial charge on any atom is -0.369 e. The summed E-state index contributed by atoms with van der Waals surface area (Å²) in [4.78, 5) is 17.4. The van der Waals surface area contributed by atoms with Crippen molar-refractivity contribution in [2.75, 3.05) is 36.4 Å². The van der Waals surface area contributed by atoms with E-state index in [1.165, 1.54) is 16.8 Å². The van der Waals surface area contributed by atoms with E-state index in [1.807, 2.05) is 32.0 Å². The maximum atomic E-state index is 12.7. The number of rotatable bonds is 4. The molecule has 0 saturated carbocycles. The molecule has 2 aromatic rings. The fraction of sp³-hybridized carbons (Fsp3) is 0.409. The lowest BCUT2D eigenvalue weighted by molar-refractivity contribution is -0.120. The number of amides is 1. The lowest BCUT2D eigenvalue weighted by atomic mass is 10.1. The van der Waals surface area contributed by atoms with Gasteiger partial charge in [0.05, 0.1) is 6.04 Å². The van der Waals surface area contributed by atoms with Crippen LogP contribution in [0.1, 0.15) is 23.6 Å². The maximum absolute atomic E-state index is 12.7. The Bertz CT molecular complexity index is 828. The summed E-state index contributed by atoms with van der Waals surface area (Å²) in [6.45, 7) is 11.8. The van der Waals surface area contributed by atoms with E-state index in [0.29, 0.717) is 5.02 Å². The molecule has 27 heavy (non-hydrogen) atoms. The molecule has 3 rings (SSSR count). The number of nitrogens with one attached hydrogen (secondary N) is 1. The third kappa shape index (κ3) is 4.28. The molecule has 0 aromatic heterocycles. The average Bonchev–Trinajstić information content (AvgIpc) is 2.67. The number of piperazine rings is 1. The second kappa shape index (κ2) is 8.32. The number of carbonyl (C=O) groups is 1. The summed E-state index contributed by atoms with van der Waals surface area (Å²) >= 11 is 6.16. The van der Waals surface area contributed by atoms with E-state index in [0.717, 1.165) is 37.4 Å². The first-order valence-electron chi connectivity index (χ1n) is 9.49. The molecule has 1 heterocycles. The largest absolute Gasteiger partial charge is 0.369 e. The minimum atomic E-state index is -0.177. The summed E-state index contributed by atoms with van der Waals surface area (Å²) in [6.07, 6.45) is 0. The molecule has 1 fully saturated rings. The SMILES string of the molecule is Cc1cccc(N2CCN(C(C)C(=O)Nc3cccc(Cl)c3C)CC2)c1C. The number of nitrogens with zero attached hydrogens (tertiary/aromatic N) is 2. The fourth-order valence-corrected chi connectivity index (χ4v) is 3.75. The Balaban J connectivity index is 1.61. The van der Waals surface area contributed by atoms with Gasteiger partial charge in [-0.15, -0.1) is 0 Å². The van der Waals surface area contributed by atoms with Crippen molar-refractivity contribution < 1.29 is 4.79 Å². The van der Waals surface area contributed by atoms with Gasteiger partial charge in [-0.25, -0.2) is 0 Å². The van der Waals surface area contributed by atoms with Gasteiger partial charge in [-0.05, 0) is 62.6 Å². The number of carbonyl (C=O) groups excluding carboxylic acids is 1. The highest BCUT2D eigenvalue weighted by atomic mass is 35.5. The van der Waals surface area contributed by atoms with Crippen LogP contribution in [0.3, 0.4) is 0 Å². The monoisotopic (exact) mass is 385 g/mol. The number of halogens is 1. The number of aryl methyl sites for hydroxylation is 1. The normalized spacial score (nSPS) is 16.3. The highest BCUT2D eigenvalue weighted by Crippen LogP contribution is 2.25. The first-order chi connectivity index (χ1) is 12.9. The Labute approximate surface area is 167 Å². The van der Waals surface area contributed by atoms with Crippen LogP contribution in [0.4, 0.5) is 11.4 Å². The van der Waals surface area contributed by atoms with Crippen LogP contribution in [-0.2, 0) is 4.79 Å². The van der Waals surface area contributed by atoms with Gasteiger partial charge in [0.2, 0.25) is 5.91 Å². The molecular formula is C22H28ClN3O. The van der Waals surface area contributed by atoms with Crippen molar-refractivity contribution in [3.05, 3.63) is 58.1 Å². The van der Waals surface area contributed by atoms with Crippen LogP contribution in [0.15, 0.2) is 36.4 Å². The Morgan fingerprint density at radius 1 is 1.00 bits per heavy atom. The molecule has 1 saturated heterocycles. The second-order valence-corrected chi connectivity index (χ2v) is 7.73. The third-order valence-electron chi connectivity index (χ3n) is 5.68. The summed E-state index contributed by atoms with van der Waals surface area (Å²) < 4.78 is 0. The lowest BCUT2D eigenvalue weighted by Crippen LogP contribution is -2.53. The van der Waals surface area contributed by atoms with Crippen LogP contribution in [0.2, 0.25) is 5.02 Å². The zero-order valence-corrected chi connectivity index (χ0v) is 17.3. The zero-order chi connectivity index (χ0) is 19.6. The van der Waals surface area contributed by atoms with Crippen LogP contribution in [0.25, 0.3) is 0 Å². The van der Waals surface area contributed by atoms with E-state index in [2.05, 4.69) is 47.2 Å². The van der Waals surface area contributed by atoms with Gasteiger partial charge < -0.3 is 10.2 Å². The predicted molar refractivity (Wildman–Crippen MR) is 114 cm³/mol. The zero-order valence-electron chi connectivity index (χ0n) is 16.6. The van der Waals surface area contributed by atoms with Gasteiger partial charge in [0.25, 0.3) is 0 Å². The fourth-order valence-electron chi connectivity index (χ4n) is 3.57. The number of anilines is 2. The Hall–Kier alpha value is -2.04. The quantitative estimate of drug-likeness (QED) is 0.846. The number of hydrogen-bond acceptors (Lipinski definition) is 3. The van der Waals surface area contributed by atoms with Crippen molar-refractivity contribution >= 4 is 28.9 Å². The summed E-state index contributed by atoms with van der Waals surface area (Å²) in [5.74, 6) is 0.0144. The van der Waals surface area contributed by atoms with E-state index in [9.17, 15) is 4.79 Å². The summed E-state index contributed by atoms with van der Waals surface area (Å²) in [5.41, 5.74) is 5.65. The van der Waals surface area contributed by atoms with Crippen molar-refractivity contribution in [3.8, 4) is 0 Å². The molecule has 1 amide bonds. The molecule has 0 radical (unpaired) electrons. The van der Waals surface area contributed by atoms with E-state index < -0.39 is 0 Å². The maximum Gasteiger partial charge on any atom is 0.241 e. The summed E-state index contributed by atoms with van der Waals surface area (Å²) in [6, 6.07) is 11.9. The molecular weight excluding hydrogens is 358 g/mol. The number of benzene rings is 2. The number of hydrogen-bond donors (Lipinski definition) is 1. The standard InChI is InChI=1S/C22H28ClN3O/c1-15-7-5-10-21(16(15)2)26-13-11-25(12-14-26)18(4)22(27)24-20-9-6-8-19(23)17(20)3/h5-10,18H,11-14H2,1-4H3,(H,24,27). The van der Waals surface area contributed by atoms with Gasteiger partial charge in [0.15, 0.2) is 0 Å². The highest BCUT2D eigenvalue weighted by Gasteiger charge is 2.26. The van der Waals surface area contributed by atoms with Crippen LogP contribution in [0.5, 0.6) is 0 Å². The van der Waals surface area contributed by atoms with Crippen LogP contribution in [-0.4, -0.2) is 43.0 Å². The van der Waals surface area contributed by atoms with Crippen molar-refractivity contribution in [2.24, 2.45) is 0 Å². The van der Waals surface area contributed by atoms with Gasteiger partial charge in [0.1, 0.15) is 0 Å². The molecule has 1 N–H and O–H groups in total. The summed E-state index contributed by atoms with van der Waals surface area (Å²) in [7, 11) is 0. The molecule has 4 nitrogen and oxygen atoms in total. The third-order valence-corrected chi connectivity index (χ3v) is 6.09. The Morgan fingerprint density at radius 3 is 2.37 bits per heavy atom. The lowest BCUT2D eigenvalue weighted by Gasteiger charge is -2.39. The van der Waals surface area contributed by atoms with Crippen LogP contribution in [0, 0.1) is 20.8 Å². The van der Waals surface area contributed by atoms with Gasteiger partial charge >= 0.3 is 0 Å².